The van der Waals surface area contributed by atoms with Gasteiger partial charge in [0.2, 0.25) is 0 Å². The zero-order valence-corrected chi connectivity index (χ0v) is 12.3. The van der Waals surface area contributed by atoms with Gasteiger partial charge in [0.25, 0.3) is 5.91 Å². The van der Waals surface area contributed by atoms with Crippen molar-refractivity contribution < 1.29 is 18.7 Å². The van der Waals surface area contributed by atoms with E-state index < -0.39 is 5.97 Å². The Morgan fingerprint density at radius 3 is 2.73 bits per heavy atom. The highest BCUT2D eigenvalue weighted by atomic mass is 16.5. The van der Waals surface area contributed by atoms with Crippen LogP contribution < -0.4 is 0 Å². The Labute approximate surface area is 128 Å². The topological polar surface area (TPSA) is 72.6 Å². The van der Waals surface area contributed by atoms with Crippen LogP contribution in [0, 0.1) is 0 Å². The minimum atomic E-state index is -0.520. The lowest BCUT2D eigenvalue weighted by atomic mass is 10.2. The van der Waals surface area contributed by atoms with Gasteiger partial charge >= 0.3 is 5.97 Å². The van der Waals surface area contributed by atoms with Crippen molar-refractivity contribution in [1.82, 2.24) is 9.88 Å². The van der Waals surface area contributed by atoms with E-state index in [-0.39, 0.29) is 12.5 Å². The summed E-state index contributed by atoms with van der Waals surface area (Å²) in [5.74, 6) is -0.647. The van der Waals surface area contributed by atoms with Gasteiger partial charge in [0.05, 0.1) is 5.56 Å². The number of carbonyl (C=O) groups excluding carboxylic acids is 2. The number of likely N-dealkylation sites (tertiary alicyclic amines) is 1. The van der Waals surface area contributed by atoms with Crippen LogP contribution in [0.1, 0.15) is 36.0 Å². The van der Waals surface area contributed by atoms with Gasteiger partial charge in [0.1, 0.15) is 5.52 Å². The normalized spacial score (nSPS) is 15.5. The average Bonchev–Trinajstić information content (AvgIpc) is 2.83. The molecule has 0 N–H and O–H groups in total. The number of oxazole rings is 1. The zero-order chi connectivity index (χ0) is 15.4. The maximum Gasteiger partial charge on any atom is 0.338 e. The maximum absolute atomic E-state index is 12.1. The molecule has 0 atom stereocenters. The van der Waals surface area contributed by atoms with Crippen LogP contribution in [0.3, 0.4) is 0 Å². The summed E-state index contributed by atoms with van der Waals surface area (Å²) in [5.41, 5.74) is 1.57. The fourth-order valence-corrected chi connectivity index (χ4v) is 2.61. The van der Waals surface area contributed by atoms with E-state index in [0.29, 0.717) is 16.7 Å². The fourth-order valence-electron chi connectivity index (χ4n) is 2.61. The van der Waals surface area contributed by atoms with Gasteiger partial charge in [0.15, 0.2) is 18.6 Å². The molecular formula is C16H18N2O4. The second-order valence-corrected chi connectivity index (χ2v) is 5.41. The summed E-state index contributed by atoms with van der Waals surface area (Å²) in [6.07, 6.45) is 5.66. The number of nitrogens with zero attached hydrogens (tertiary/aromatic N) is 2. The summed E-state index contributed by atoms with van der Waals surface area (Å²) in [6, 6.07) is 4.86. The number of benzene rings is 1. The molecule has 1 aliphatic rings. The first-order valence-electron chi connectivity index (χ1n) is 7.52. The molecule has 2 heterocycles. The van der Waals surface area contributed by atoms with Gasteiger partial charge in [-0.25, -0.2) is 9.78 Å². The number of hydrogen-bond acceptors (Lipinski definition) is 5. The number of fused-ring (bicyclic) bond motifs is 1. The first kappa shape index (κ1) is 14.6. The molecule has 116 valence electrons. The Kier molecular flexibility index (Phi) is 4.37. The number of carbonyl (C=O) groups is 2. The molecule has 0 unspecified atom stereocenters. The quantitative estimate of drug-likeness (QED) is 0.814. The number of aromatic nitrogens is 1. The van der Waals surface area contributed by atoms with E-state index >= 15 is 0 Å². The molecule has 1 aromatic carbocycles. The average molecular weight is 302 g/mol. The highest BCUT2D eigenvalue weighted by Gasteiger charge is 2.18. The fraction of sp³-hybridized carbons (Fsp3) is 0.438. The minimum Gasteiger partial charge on any atom is -0.452 e. The number of hydrogen-bond donors (Lipinski definition) is 0. The van der Waals surface area contributed by atoms with Crippen molar-refractivity contribution in [3.05, 3.63) is 30.2 Å². The molecule has 1 aromatic heterocycles. The van der Waals surface area contributed by atoms with E-state index in [4.69, 9.17) is 9.15 Å². The summed E-state index contributed by atoms with van der Waals surface area (Å²) in [4.78, 5) is 29.9. The molecule has 1 amide bonds. The van der Waals surface area contributed by atoms with Crippen LogP contribution in [-0.2, 0) is 9.53 Å². The van der Waals surface area contributed by atoms with Crippen LogP contribution in [0.5, 0.6) is 0 Å². The predicted octanol–water partition coefficient (Wildman–Crippen LogP) is 2.39. The van der Waals surface area contributed by atoms with Gasteiger partial charge in [-0.3, -0.25) is 4.79 Å². The van der Waals surface area contributed by atoms with Crippen molar-refractivity contribution in [3.8, 4) is 0 Å². The van der Waals surface area contributed by atoms with E-state index in [1.54, 1.807) is 23.1 Å². The molecule has 6 heteroatoms. The van der Waals surface area contributed by atoms with Crippen LogP contribution in [-0.4, -0.2) is 41.5 Å². The number of ether oxygens (including phenoxy) is 1. The molecule has 0 saturated carbocycles. The zero-order valence-electron chi connectivity index (χ0n) is 12.3. The van der Waals surface area contributed by atoms with Gasteiger partial charge < -0.3 is 14.1 Å². The van der Waals surface area contributed by atoms with Crippen LogP contribution in [0.25, 0.3) is 11.1 Å². The van der Waals surface area contributed by atoms with Crippen molar-refractivity contribution in [3.63, 3.8) is 0 Å². The van der Waals surface area contributed by atoms with Crippen LogP contribution >= 0.6 is 0 Å². The lowest BCUT2D eigenvalue weighted by Crippen LogP contribution is -2.35. The Hall–Kier alpha value is -2.37. The maximum atomic E-state index is 12.1. The third-order valence-electron chi connectivity index (χ3n) is 3.85. The lowest BCUT2D eigenvalue weighted by molar-refractivity contribution is -0.134. The summed E-state index contributed by atoms with van der Waals surface area (Å²) in [7, 11) is 0. The van der Waals surface area contributed by atoms with Gasteiger partial charge in [-0.2, -0.15) is 0 Å². The monoisotopic (exact) mass is 302 g/mol. The molecule has 0 aliphatic carbocycles. The van der Waals surface area contributed by atoms with Gasteiger partial charge in [-0.1, -0.05) is 12.8 Å². The van der Waals surface area contributed by atoms with E-state index in [1.165, 1.54) is 6.39 Å². The van der Waals surface area contributed by atoms with Gasteiger partial charge in [0, 0.05) is 13.1 Å². The second-order valence-electron chi connectivity index (χ2n) is 5.41. The molecule has 0 spiro atoms. The van der Waals surface area contributed by atoms with E-state index in [2.05, 4.69) is 4.98 Å². The van der Waals surface area contributed by atoms with Crippen molar-refractivity contribution in [2.45, 2.75) is 25.7 Å². The molecule has 22 heavy (non-hydrogen) atoms. The second kappa shape index (κ2) is 6.60. The molecule has 1 fully saturated rings. The molecule has 0 radical (unpaired) electrons. The van der Waals surface area contributed by atoms with Gasteiger partial charge in [-0.05, 0) is 31.0 Å². The predicted molar refractivity (Wildman–Crippen MR) is 79.3 cm³/mol. The Morgan fingerprint density at radius 1 is 1.18 bits per heavy atom. The molecular weight excluding hydrogens is 284 g/mol. The van der Waals surface area contributed by atoms with Crippen molar-refractivity contribution >= 4 is 23.0 Å². The minimum absolute atomic E-state index is 0.127. The SMILES string of the molecule is O=C(OCC(=O)N1CCCCCC1)c1ccc2ocnc2c1. The lowest BCUT2D eigenvalue weighted by Gasteiger charge is -2.19. The smallest absolute Gasteiger partial charge is 0.338 e. The Balaban J connectivity index is 1.57. The first-order valence-corrected chi connectivity index (χ1v) is 7.52. The molecule has 3 rings (SSSR count). The molecule has 1 aliphatic heterocycles. The first-order chi connectivity index (χ1) is 10.7. The highest BCUT2D eigenvalue weighted by molar-refractivity contribution is 5.94. The molecule has 2 aromatic rings. The largest absolute Gasteiger partial charge is 0.452 e. The van der Waals surface area contributed by atoms with Crippen molar-refractivity contribution in [1.29, 1.82) is 0 Å². The molecule has 0 bridgehead atoms. The Morgan fingerprint density at radius 2 is 1.95 bits per heavy atom. The standard InChI is InChI=1S/C16H18N2O4/c19-15(18-7-3-1-2-4-8-18)10-21-16(20)12-5-6-14-13(9-12)17-11-22-14/h5-6,9,11H,1-4,7-8,10H2. The summed E-state index contributed by atoms with van der Waals surface area (Å²) in [6.45, 7) is 1.29. The Bertz CT molecular complexity index is 672. The van der Waals surface area contributed by atoms with E-state index in [9.17, 15) is 9.59 Å². The molecule has 6 nitrogen and oxygen atoms in total. The third kappa shape index (κ3) is 3.27. The summed E-state index contributed by atoms with van der Waals surface area (Å²) >= 11 is 0. The van der Waals surface area contributed by atoms with Crippen molar-refractivity contribution in [2.24, 2.45) is 0 Å². The number of rotatable bonds is 3. The van der Waals surface area contributed by atoms with Crippen molar-refractivity contribution in [2.75, 3.05) is 19.7 Å². The van der Waals surface area contributed by atoms with E-state index in [1.807, 2.05) is 0 Å². The molecule has 1 saturated heterocycles. The van der Waals surface area contributed by atoms with Crippen LogP contribution in [0.4, 0.5) is 0 Å². The highest BCUT2D eigenvalue weighted by Crippen LogP contribution is 2.15. The third-order valence-corrected chi connectivity index (χ3v) is 3.85. The number of esters is 1. The summed E-state index contributed by atoms with van der Waals surface area (Å²) < 4.78 is 10.2. The van der Waals surface area contributed by atoms with Crippen LogP contribution in [0.15, 0.2) is 29.0 Å². The number of amides is 1. The van der Waals surface area contributed by atoms with E-state index in [0.717, 1.165) is 38.8 Å². The van der Waals surface area contributed by atoms with Gasteiger partial charge in [-0.15, -0.1) is 0 Å². The van der Waals surface area contributed by atoms with Crippen LogP contribution in [0.2, 0.25) is 0 Å². The summed E-state index contributed by atoms with van der Waals surface area (Å²) in [5, 5.41) is 0.